The van der Waals surface area contributed by atoms with Gasteiger partial charge in [-0.05, 0) is 24.3 Å². The Hall–Kier alpha value is -2.05. The van der Waals surface area contributed by atoms with E-state index in [0.29, 0.717) is 0 Å². The van der Waals surface area contributed by atoms with Gasteiger partial charge in [-0.1, -0.05) is 11.6 Å². The number of allylic oxidation sites excluding steroid dienone is 2. The molecular formula is C14H6ClF11O2. The quantitative estimate of drug-likeness (QED) is 0.224. The van der Waals surface area contributed by atoms with Crippen LogP contribution in [0, 0.1) is 0 Å². The summed E-state index contributed by atoms with van der Waals surface area (Å²) in [6, 6.07) is 3.35. The molecule has 158 valence electrons. The Labute approximate surface area is 153 Å². The lowest BCUT2D eigenvalue weighted by Crippen LogP contribution is -2.67. The summed E-state index contributed by atoms with van der Waals surface area (Å²) >= 11 is 5.44. The van der Waals surface area contributed by atoms with E-state index in [0.717, 1.165) is 24.3 Å². The Morgan fingerprint density at radius 3 is 1.64 bits per heavy atom. The molecule has 0 aromatic heterocycles. The maximum absolute atomic E-state index is 13.9. The first-order valence-electron chi connectivity index (χ1n) is 6.61. The molecule has 0 bridgehead atoms. The van der Waals surface area contributed by atoms with Gasteiger partial charge in [0, 0.05) is 11.1 Å². The van der Waals surface area contributed by atoms with Crippen LogP contribution in [0.4, 0.5) is 48.3 Å². The topological polar surface area (TPSA) is 26.3 Å². The van der Waals surface area contributed by atoms with Gasteiger partial charge in [0.1, 0.15) is 12.0 Å². The standard InChI is InChI=1S/C14H6ClF11O2/c15-7-1-3-8(4-2-7)28-9(5-6-27)10(16,17)11(18,19)12(20,21)13(22,23)14(24,25)26/h1-6H/b9-5+. The van der Waals surface area contributed by atoms with E-state index in [9.17, 15) is 53.1 Å². The van der Waals surface area contributed by atoms with Gasteiger partial charge >= 0.3 is 29.9 Å². The molecule has 28 heavy (non-hydrogen) atoms. The summed E-state index contributed by atoms with van der Waals surface area (Å²) in [4.78, 5) is 10.4. The predicted molar refractivity (Wildman–Crippen MR) is 72.1 cm³/mol. The van der Waals surface area contributed by atoms with E-state index in [4.69, 9.17) is 11.6 Å². The van der Waals surface area contributed by atoms with E-state index in [1.165, 1.54) is 0 Å². The van der Waals surface area contributed by atoms with E-state index in [2.05, 4.69) is 4.74 Å². The van der Waals surface area contributed by atoms with E-state index < -0.39 is 53.7 Å². The minimum absolute atomic E-state index is 0.0262. The van der Waals surface area contributed by atoms with Crippen molar-refractivity contribution in [2.24, 2.45) is 0 Å². The van der Waals surface area contributed by atoms with Crippen LogP contribution in [-0.2, 0) is 4.79 Å². The van der Waals surface area contributed by atoms with Gasteiger partial charge in [0.05, 0.1) is 0 Å². The Kier molecular flexibility index (Phi) is 6.35. The van der Waals surface area contributed by atoms with Crippen LogP contribution in [0.25, 0.3) is 0 Å². The summed E-state index contributed by atoms with van der Waals surface area (Å²) in [5, 5.41) is -0.0262. The van der Waals surface area contributed by atoms with Crippen molar-refractivity contribution >= 4 is 17.9 Å². The second-order valence-corrected chi connectivity index (χ2v) is 5.45. The maximum atomic E-state index is 13.9. The van der Waals surface area contributed by atoms with Crippen LogP contribution in [0.3, 0.4) is 0 Å². The molecular weight excluding hydrogens is 445 g/mol. The smallest absolute Gasteiger partial charge is 0.455 e. The van der Waals surface area contributed by atoms with Crippen LogP contribution in [0.1, 0.15) is 0 Å². The predicted octanol–water partition coefficient (Wildman–Crippen LogP) is 5.91. The lowest BCUT2D eigenvalue weighted by molar-refractivity contribution is -0.419. The average Bonchev–Trinajstić information content (AvgIpc) is 2.54. The molecule has 1 aromatic rings. The fraction of sp³-hybridized carbons (Fsp3) is 0.357. The minimum atomic E-state index is -7.62. The molecule has 1 aromatic carbocycles. The number of benzene rings is 1. The van der Waals surface area contributed by atoms with Gasteiger partial charge in [-0.2, -0.15) is 48.3 Å². The summed E-state index contributed by atoms with van der Waals surface area (Å²) in [5.41, 5.74) is 0. The summed E-state index contributed by atoms with van der Waals surface area (Å²) in [5.74, 6) is -32.4. The van der Waals surface area contributed by atoms with E-state index in [-0.39, 0.29) is 5.02 Å². The van der Waals surface area contributed by atoms with Crippen molar-refractivity contribution in [3.05, 3.63) is 41.1 Å². The summed E-state index contributed by atoms with van der Waals surface area (Å²) in [7, 11) is 0. The molecule has 0 spiro atoms. The van der Waals surface area contributed by atoms with Crippen molar-refractivity contribution in [3.8, 4) is 5.75 Å². The van der Waals surface area contributed by atoms with Crippen molar-refractivity contribution in [3.63, 3.8) is 0 Å². The van der Waals surface area contributed by atoms with Crippen LogP contribution in [0.2, 0.25) is 5.02 Å². The van der Waals surface area contributed by atoms with Crippen LogP contribution in [0.5, 0.6) is 5.75 Å². The highest BCUT2D eigenvalue weighted by Gasteiger charge is 2.88. The van der Waals surface area contributed by atoms with Crippen LogP contribution in [-0.4, -0.2) is 36.2 Å². The number of alkyl halides is 11. The number of carbonyl (C=O) groups excluding carboxylic acids is 1. The van der Waals surface area contributed by atoms with Crippen molar-refractivity contribution in [1.29, 1.82) is 0 Å². The molecule has 0 heterocycles. The zero-order valence-corrected chi connectivity index (χ0v) is 13.6. The first-order valence-corrected chi connectivity index (χ1v) is 6.98. The highest BCUT2D eigenvalue weighted by Crippen LogP contribution is 2.58. The maximum Gasteiger partial charge on any atom is 0.460 e. The average molecular weight is 451 g/mol. The van der Waals surface area contributed by atoms with Gasteiger partial charge in [0.15, 0.2) is 5.76 Å². The lowest BCUT2D eigenvalue weighted by Gasteiger charge is -2.37. The largest absolute Gasteiger partial charge is 0.460 e. The molecule has 0 saturated carbocycles. The first kappa shape index (κ1) is 24.0. The molecule has 1 rings (SSSR count). The Balaban J connectivity index is 3.46. The molecule has 14 heteroatoms. The van der Waals surface area contributed by atoms with Crippen molar-refractivity contribution in [2.45, 2.75) is 29.9 Å². The molecule has 0 saturated heterocycles. The molecule has 0 unspecified atom stereocenters. The third-order valence-electron chi connectivity index (χ3n) is 3.11. The van der Waals surface area contributed by atoms with E-state index in [1.807, 2.05) is 0 Å². The third-order valence-corrected chi connectivity index (χ3v) is 3.36. The highest BCUT2D eigenvalue weighted by atomic mass is 35.5. The molecule has 0 aliphatic carbocycles. The molecule has 0 radical (unpaired) electrons. The Morgan fingerprint density at radius 1 is 0.786 bits per heavy atom. The second-order valence-electron chi connectivity index (χ2n) is 5.02. The van der Waals surface area contributed by atoms with Crippen molar-refractivity contribution in [1.82, 2.24) is 0 Å². The summed E-state index contributed by atoms with van der Waals surface area (Å²) in [6.45, 7) is 0. The van der Waals surface area contributed by atoms with Crippen LogP contribution < -0.4 is 4.74 Å². The number of hydrogen-bond donors (Lipinski definition) is 0. The normalized spacial score (nSPS) is 14.8. The number of carbonyl (C=O) groups is 1. The molecule has 0 atom stereocenters. The number of rotatable bonds is 7. The molecule has 0 aliphatic rings. The summed E-state index contributed by atoms with van der Waals surface area (Å²) in [6.07, 6.45) is -8.48. The van der Waals surface area contributed by atoms with Gasteiger partial charge < -0.3 is 4.74 Å². The monoisotopic (exact) mass is 450 g/mol. The number of hydrogen-bond acceptors (Lipinski definition) is 2. The SMILES string of the molecule is O=C/C=C(/Oc1ccc(Cl)cc1)C(F)(F)C(F)(F)C(F)(F)C(F)(F)C(F)(F)F. The molecule has 0 N–H and O–H groups in total. The Bertz CT molecular complexity index is 739. The van der Waals surface area contributed by atoms with Gasteiger partial charge in [-0.3, -0.25) is 4.79 Å². The number of halogens is 12. The number of ether oxygens (including phenoxy) is 1. The molecule has 0 amide bonds. The highest BCUT2D eigenvalue weighted by molar-refractivity contribution is 6.30. The fourth-order valence-electron chi connectivity index (χ4n) is 1.62. The van der Waals surface area contributed by atoms with E-state index in [1.54, 1.807) is 0 Å². The second kappa shape index (κ2) is 7.41. The Morgan fingerprint density at radius 2 is 1.25 bits per heavy atom. The lowest BCUT2D eigenvalue weighted by atomic mass is 9.96. The minimum Gasteiger partial charge on any atom is -0.455 e. The van der Waals surface area contributed by atoms with Crippen molar-refractivity contribution < 1.29 is 57.8 Å². The summed E-state index contributed by atoms with van der Waals surface area (Å²) < 4.78 is 148. The molecule has 0 fully saturated rings. The van der Waals surface area contributed by atoms with Gasteiger partial charge in [-0.25, -0.2) is 0 Å². The zero-order valence-electron chi connectivity index (χ0n) is 12.8. The van der Waals surface area contributed by atoms with Crippen LogP contribution >= 0.6 is 11.6 Å². The van der Waals surface area contributed by atoms with Gasteiger partial charge in [-0.15, -0.1) is 0 Å². The van der Waals surface area contributed by atoms with Gasteiger partial charge in [0.25, 0.3) is 0 Å². The van der Waals surface area contributed by atoms with Crippen molar-refractivity contribution in [2.75, 3.05) is 0 Å². The first-order chi connectivity index (χ1) is 12.4. The fourth-order valence-corrected chi connectivity index (χ4v) is 1.75. The van der Waals surface area contributed by atoms with Crippen LogP contribution in [0.15, 0.2) is 36.1 Å². The molecule has 0 aliphatic heterocycles. The number of aldehydes is 1. The van der Waals surface area contributed by atoms with Gasteiger partial charge in [0.2, 0.25) is 0 Å². The van der Waals surface area contributed by atoms with E-state index >= 15 is 0 Å². The molecule has 2 nitrogen and oxygen atoms in total. The third kappa shape index (κ3) is 3.89. The zero-order chi connectivity index (χ0) is 22.2.